The first-order valence-electron chi connectivity index (χ1n) is 13.0. The highest BCUT2D eigenvalue weighted by Gasteiger charge is 2.27. The molecular weight excluding hydrogens is 380 g/mol. The van der Waals surface area contributed by atoms with Gasteiger partial charge in [-0.2, -0.15) is 0 Å². The molecule has 0 aromatic rings. The molecule has 0 N–H and O–H groups in total. The highest BCUT2D eigenvalue weighted by Crippen LogP contribution is 2.29. The molecule has 1 aliphatic carbocycles. The van der Waals surface area contributed by atoms with Crippen molar-refractivity contribution in [3.63, 3.8) is 0 Å². The molecule has 0 aromatic carbocycles. The minimum Gasteiger partial charge on any atom is -0.289 e. The first-order chi connectivity index (χ1) is 14.5. The average molecular weight is 431 g/mol. The van der Waals surface area contributed by atoms with Crippen LogP contribution in [0.15, 0.2) is 22.3 Å². The molecule has 0 saturated heterocycles. The lowest BCUT2D eigenvalue weighted by molar-refractivity contribution is -0.116. The van der Waals surface area contributed by atoms with Crippen LogP contribution in [0.5, 0.6) is 0 Å². The SMILES string of the molecule is CC1=C(C)C(=O)C(CC[C@@H](C)CCC[C@@H](C)CCC[C@H](C)CCCC(C)C)=C(C)C1=O. The maximum absolute atomic E-state index is 12.6. The number of Topliss-reactive ketones (excluding diaryl/α,β-unsaturated/α-hetero) is 2. The standard InChI is InChI=1S/C29H50O2/c1-20(2)12-9-13-21(3)14-10-15-22(4)16-11-17-23(5)18-19-27-26(8)28(30)24(6)25(7)29(27)31/h20-23H,9-19H2,1-8H3/t21-,22+,23+/m1/s1. The van der Waals surface area contributed by atoms with Crippen LogP contribution in [-0.2, 0) is 9.59 Å². The van der Waals surface area contributed by atoms with Crippen LogP contribution in [0.3, 0.4) is 0 Å². The summed E-state index contributed by atoms with van der Waals surface area (Å²) in [5.41, 5.74) is 2.70. The van der Waals surface area contributed by atoms with E-state index in [1.165, 1.54) is 57.8 Å². The van der Waals surface area contributed by atoms with Gasteiger partial charge in [-0.05, 0) is 57.3 Å². The number of carbonyl (C=O) groups excluding carboxylic acids is 2. The Balaban J connectivity index is 2.22. The van der Waals surface area contributed by atoms with E-state index >= 15 is 0 Å². The summed E-state index contributed by atoms with van der Waals surface area (Å²) in [5.74, 6) is 3.28. The second kappa shape index (κ2) is 14.1. The van der Waals surface area contributed by atoms with E-state index in [9.17, 15) is 9.59 Å². The van der Waals surface area contributed by atoms with E-state index in [4.69, 9.17) is 0 Å². The van der Waals surface area contributed by atoms with Crippen LogP contribution in [0.4, 0.5) is 0 Å². The van der Waals surface area contributed by atoms with Gasteiger partial charge in [0.2, 0.25) is 0 Å². The van der Waals surface area contributed by atoms with Crippen LogP contribution >= 0.6 is 0 Å². The number of allylic oxidation sites excluding steroid dienone is 4. The maximum atomic E-state index is 12.6. The van der Waals surface area contributed by atoms with Gasteiger partial charge in [-0.15, -0.1) is 0 Å². The first kappa shape index (κ1) is 27.9. The Morgan fingerprint density at radius 3 is 1.35 bits per heavy atom. The third-order valence-corrected chi connectivity index (χ3v) is 7.46. The Kier molecular flexibility index (Phi) is 12.6. The van der Waals surface area contributed by atoms with Crippen molar-refractivity contribution >= 4 is 11.6 Å². The molecule has 0 spiro atoms. The number of ketones is 2. The van der Waals surface area contributed by atoms with E-state index < -0.39 is 0 Å². The maximum Gasteiger partial charge on any atom is 0.185 e. The lowest BCUT2D eigenvalue weighted by Gasteiger charge is -2.20. The molecular formula is C29H50O2. The van der Waals surface area contributed by atoms with E-state index in [1.807, 2.05) is 6.92 Å². The van der Waals surface area contributed by atoms with Crippen LogP contribution < -0.4 is 0 Å². The summed E-state index contributed by atoms with van der Waals surface area (Å²) in [6, 6.07) is 0. The molecule has 2 heteroatoms. The highest BCUT2D eigenvalue weighted by molar-refractivity contribution is 6.24. The normalized spacial score (nSPS) is 18.2. The average Bonchev–Trinajstić information content (AvgIpc) is 2.70. The van der Waals surface area contributed by atoms with Crippen molar-refractivity contribution in [3.05, 3.63) is 22.3 Å². The topological polar surface area (TPSA) is 34.1 Å². The van der Waals surface area contributed by atoms with Crippen LogP contribution in [0.25, 0.3) is 0 Å². The van der Waals surface area contributed by atoms with Crippen molar-refractivity contribution in [2.24, 2.45) is 23.7 Å². The molecule has 31 heavy (non-hydrogen) atoms. The van der Waals surface area contributed by atoms with Gasteiger partial charge < -0.3 is 0 Å². The van der Waals surface area contributed by atoms with Crippen molar-refractivity contribution in [1.82, 2.24) is 0 Å². The predicted molar refractivity (Wildman–Crippen MR) is 134 cm³/mol. The van der Waals surface area contributed by atoms with Gasteiger partial charge in [-0.1, -0.05) is 92.4 Å². The Hall–Kier alpha value is -1.18. The van der Waals surface area contributed by atoms with Gasteiger partial charge in [0.15, 0.2) is 11.6 Å². The number of carbonyl (C=O) groups is 2. The lowest BCUT2D eigenvalue weighted by atomic mass is 9.82. The van der Waals surface area contributed by atoms with E-state index in [1.54, 1.807) is 13.8 Å². The van der Waals surface area contributed by atoms with Gasteiger partial charge in [-0.25, -0.2) is 0 Å². The zero-order chi connectivity index (χ0) is 23.6. The molecule has 0 heterocycles. The minimum atomic E-state index is 0.0582. The fraction of sp³-hybridized carbons (Fsp3) is 0.793. The summed E-state index contributed by atoms with van der Waals surface area (Å²) >= 11 is 0. The van der Waals surface area contributed by atoms with Crippen LogP contribution in [-0.4, -0.2) is 11.6 Å². The largest absolute Gasteiger partial charge is 0.289 e. The Morgan fingerprint density at radius 2 is 0.903 bits per heavy atom. The third kappa shape index (κ3) is 9.87. The summed E-state index contributed by atoms with van der Waals surface area (Å²) in [6.07, 6.45) is 13.8. The summed E-state index contributed by atoms with van der Waals surface area (Å²) < 4.78 is 0. The molecule has 1 rings (SSSR count). The molecule has 0 amide bonds. The number of hydrogen-bond acceptors (Lipinski definition) is 2. The number of hydrogen-bond donors (Lipinski definition) is 0. The monoisotopic (exact) mass is 430 g/mol. The van der Waals surface area contributed by atoms with E-state index in [2.05, 4.69) is 34.6 Å². The fourth-order valence-corrected chi connectivity index (χ4v) is 4.78. The molecule has 3 atom stereocenters. The molecule has 178 valence electrons. The quantitative estimate of drug-likeness (QED) is 0.244. The molecule has 0 saturated carbocycles. The predicted octanol–water partition coefficient (Wildman–Crippen LogP) is 8.65. The van der Waals surface area contributed by atoms with Crippen molar-refractivity contribution in [2.45, 2.75) is 126 Å². The molecule has 0 aliphatic heterocycles. The van der Waals surface area contributed by atoms with Crippen LogP contribution in [0, 0.1) is 23.7 Å². The smallest absolute Gasteiger partial charge is 0.185 e. The van der Waals surface area contributed by atoms with Crippen molar-refractivity contribution < 1.29 is 9.59 Å². The summed E-state index contributed by atoms with van der Waals surface area (Å²) in [4.78, 5) is 24.9. The van der Waals surface area contributed by atoms with Crippen molar-refractivity contribution in [2.75, 3.05) is 0 Å². The Bertz CT molecular complexity index is 650. The molecule has 0 unspecified atom stereocenters. The summed E-state index contributed by atoms with van der Waals surface area (Å²) in [6.45, 7) is 17.2. The summed E-state index contributed by atoms with van der Waals surface area (Å²) in [5, 5.41) is 0. The Labute approximate surface area is 193 Å². The first-order valence-corrected chi connectivity index (χ1v) is 13.0. The van der Waals surface area contributed by atoms with E-state index in [0.29, 0.717) is 22.6 Å². The van der Waals surface area contributed by atoms with Crippen molar-refractivity contribution in [3.8, 4) is 0 Å². The zero-order valence-electron chi connectivity index (χ0n) is 21.9. The van der Waals surface area contributed by atoms with Gasteiger partial charge in [0.05, 0.1) is 0 Å². The van der Waals surface area contributed by atoms with Crippen molar-refractivity contribution in [1.29, 1.82) is 0 Å². The van der Waals surface area contributed by atoms with Gasteiger partial charge in [-0.3, -0.25) is 9.59 Å². The molecule has 1 aliphatic rings. The molecule has 0 fully saturated rings. The zero-order valence-corrected chi connectivity index (χ0v) is 21.9. The second-order valence-electron chi connectivity index (χ2n) is 11.1. The highest BCUT2D eigenvalue weighted by atomic mass is 16.1. The summed E-state index contributed by atoms with van der Waals surface area (Å²) in [7, 11) is 0. The fourth-order valence-electron chi connectivity index (χ4n) is 4.78. The lowest BCUT2D eigenvalue weighted by Crippen LogP contribution is -2.21. The van der Waals surface area contributed by atoms with Gasteiger partial charge in [0, 0.05) is 22.3 Å². The van der Waals surface area contributed by atoms with E-state index in [0.717, 1.165) is 36.2 Å². The van der Waals surface area contributed by atoms with Gasteiger partial charge in [0.1, 0.15) is 0 Å². The molecule has 2 nitrogen and oxygen atoms in total. The minimum absolute atomic E-state index is 0.0582. The molecule has 0 bridgehead atoms. The van der Waals surface area contributed by atoms with E-state index in [-0.39, 0.29) is 11.6 Å². The molecule has 0 radical (unpaired) electrons. The van der Waals surface area contributed by atoms with Gasteiger partial charge >= 0.3 is 0 Å². The Morgan fingerprint density at radius 1 is 0.516 bits per heavy atom. The molecule has 0 aromatic heterocycles. The van der Waals surface area contributed by atoms with Crippen LogP contribution in [0.1, 0.15) is 126 Å². The van der Waals surface area contributed by atoms with Gasteiger partial charge in [0.25, 0.3) is 0 Å². The van der Waals surface area contributed by atoms with Crippen LogP contribution in [0.2, 0.25) is 0 Å². The number of rotatable bonds is 15. The third-order valence-electron chi connectivity index (χ3n) is 7.46. The second-order valence-corrected chi connectivity index (χ2v) is 11.1.